The van der Waals surface area contributed by atoms with Crippen LogP contribution in [0.4, 0.5) is 0 Å². The molecule has 3 aromatic rings. The average Bonchev–Trinajstić information content (AvgIpc) is 2.95. The van der Waals surface area contributed by atoms with Crippen molar-refractivity contribution in [1.29, 1.82) is 0 Å². The Labute approximate surface area is 170 Å². The third-order valence-electron chi connectivity index (χ3n) is 5.06. The van der Waals surface area contributed by atoms with E-state index in [4.69, 9.17) is 0 Å². The van der Waals surface area contributed by atoms with Gasteiger partial charge in [-0.1, -0.05) is 48.8 Å². The highest BCUT2D eigenvalue weighted by Crippen LogP contribution is 2.29. The van der Waals surface area contributed by atoms with E-state index in [1.165, 1.54) is 33.2 Å². The Hall–Kier alpha value is -1.87. The van der Waals surface area contributed by atoms with Gasteiger partial charge in [-0.25, -0.2) is 0 Å². The summed E-state index contributed by atoms with van der Waals surface area (Å²) in [6.07, 6.45) is 3.30. The third kappa shape index (κ3) is 4.70. The van der Waals surface area contributed by atoms with E-state index in [0.29, 0.717) is 18.6 Å². The Morgan fingerprint density at radius 3 is 2.37 bits per heavy atom. The van der Waals surface area contributed by atoms with Gasteiger partial charge in [0.25, 0.3) is 0 Å². The van der Waals surface area contributed by atoms with Gasteiger partial charge in [-0.15, -0.1) is 0 Å². The molecule has 0 amide bonds. The van der Waals surface area contributed by atoms with Crippen LogP contribution in [0, 0.1) is 19.3 Å². The van der Waals surface area contributed by atoms with E-state index in [1.807, 2.05) is 0 Å². The van der Waals surface area contributed by atoms with Gasteiger partial charge in [0.15, 0.2) is 0 Å². The monoisotopic (exact) mass is 425 g/mol. The number of hydrogen-bond donors (Lipinski definition) is 0. The minimum Gasteiger partial charge on any atom is -0.343 e. The number of rotatable bonds is 5. The highest BCUT2D eigenvalue weighted by atomic mass is 79.9. The molecule has 0 radical (unpaired) electrons. The summed E-state index contributed by atoms with van der Waals surface area (Å²) < 4.78 is 3.39. The van der Waals surface area contributed by atoms with E-state index in [1.54, 1.807) is 0 Å². The van der Waals surface area contributed by atoms with Crippen molar-refractivity contribution in [2.45, 2.75) is 54.0 Å². The lowest BCUT2D eigenvalue weighted by atomic mass is 9.86. The van der Waals surface area contributed by atoms with Gasteiger partial charge in [-0.3, -0.25) is 4.79 Å². The summed E-state index contributed by atoms with van der Waals surface area (Å²) in [5.74, 6) is 0.322. The summed E-state index contributed by atoms with van der Waals surface area (Å²) in [5, 5.41) is 1.25. The molecule has 0 aliphatic rings. The SMILES string of the molecule is Cc1cc2c(ccn2Cc2ccc(Br)cc2)c(C)c1CC(=O)CC(C)(C)C. The summed E-state index contributed by atoms with van der Waals surface area (Å²) in [4.78, 5) is 12.5. The predicted molar refractivity (Wildman–Crippen MR) is 117 cm³/mol. The fourth-order valence-corrected chi connectivity index (χ4v) is 4.03. The number of halogens is 1. The first-order valence-corrected chi connectivity index (χ1v) is 10.3. The van der Waals surface area contributed by atoms with Crippen molar-refractivity contribution in [2.75, 3.05) is 0 Å². The van der Waals surface area contributed by atoms with E-state index in [2.05, 4.69) is 97.7 Å². The summed E-state index contributed by atoms with van der Waals surface area (Å²) in [6, 6.07) is 12.9. The zero-order valence-corrected chi connectivity index (χ0v) is 18.5. The summed E-state index contributed by atoms with van der Waals surface area (Å²) in [5.41, 5.74) is 6.19. The zero-order chi connectivity index (χ0) is 19.8. The molecule has 0 saturated carbocycles. The van der Waals surface area contributed by atoms with Crippen molar-refractivity contribution in [2.24, 2.45) is 5.41 Å². The molecule has 0 aliphatic carbocycles. The maximum Gasteiger partial charge on any atom is 0.137 e. The van der Waals surface area contributed by atoms with Crippen LogP contribution in [-0.2, 0) is 17.8 Å². The van der Waals surface area contributed by atoms with Crippen molar-refractivity contribution in [1.82, 2.24) is 4.57 Å². The van der Waals surface area contributed by atoms with E-state index in [9.17, 15) is 4.79 Å². The topological polar surface area (TPSA) is 22.0 Å². The van der Waals surface area contributed by atoms with Crippen LogP contribution in [-0.4, -0.2) is 10.4 Å². The van der Waals surface area contributed by atoms with Gasteiger partial charge in [0.1, 0.15) is 5.78 Å². The van der Waals surface area contributed by atoms with Crippen LogP contribution in [0.15, 0.2) is 47.1 Å². The quantitative estimate of drug-likeness (QED) is 0.450. The molecule has 2 nitrogen and oxygen atoms in total. The van der Waals surface area contributed by atoms with Crippen LogP contribution in [0.25, 0.3) is 10.9 Å². The number of carbonyl (C=O) groups is 1. The molecule has 0 spiro atoms. The van der Waals surface area contributed by atoms with Crippen LogP contribution in [0.3, 0.4) is 0 Å². The number of ketones is 1. The van der Waals surface area contributed by atoms with E-state index in [0.717, 1.165) is 11.0 Å². The highest BCUT2D eigenvalue weighted by Gasteiger charge is 2.19. The molecule has 3 rings (SSSR count). The Bertz CT molecular complexity index is 974. The Kier molecular flexibility index (Phi) is 5.62. The van der Waals surface area contributed by atoms with Crippen LogP contribution < -0.4 is 0 Å². The molecule has 0 fully saturated rings. The number of benzene rings is 2. The molecule has 27 heavy (non-hydrogen) atoms. The second kappa shape index (κ2) is 7.63. The molecule has 1 aromatic heterocycles. The van der Waals surface area contributed by atoms with Crippen LogP contribution in [0.1, 0.15) is 49.4 Å². The van der Waals surface area contributed by atoms with Gasteiger partial charge in [0.05, 0.1) is 0 Å². The van der Waals surface area contributed by atoms with Crippen molar-refractivity contribution in [3.63, 3.8) is 0 Å². The van der Waals surface area contributed by atoms with Crippen LogP contribution >= 0.6 is 15.9 Å². The fraction of sp³-hybridized carbons (Fsp3) is 0.375. The fourth-order valence-electron chi connectivity index (χ4n) is 3.76. The molecule has 0 unspecified atom stereocenters. The maximum atomic E-state index is 12.5. The number of carbonyl (C=O) groups excluding carboxylic acids is 1. The summed E-state index contributed by atoms with van der Waals surface area (Å²) in [7, 11) is 0. The smallest absolute Gasteiger partial charge is 0.137 e. The van der Waals surface area contributed by atoms with Crippen molar-refractivity contribution < 1.29 is 4.79 Å². The first-order chi connectivity index (χ1) is 12.6. The second-order valence-electron chi connectivity index (χ2n) is 8.75. The first-order valence-electron chi connectivity index (χ1n) is 9.48. The molecule has 0 atom stereocenters. The lowest BCUT2D eigenvalue weighted by Crippen LogP contribution is -2.15. The molecule has 3 heteroatoms. The largest absolute Gasteiger partial charge is 0.343 e. The zero-order valence-electron chi connectivity index (χ0n) is 16.9. The number of aryl methyl sites for hydroxylation is 2. The molecular weight excluding hydrogens is 398 g/mol. The Morgan fingerprint density at radius 2 is 1.74 bits per heavy atom. The molecule has 0 bridgehead atoms. The molecule has 1 heterocycles. The third-order valence-corrected chi connectivity index (χ3v) is 5.59. The van der Waals surface area contributed by atoms with Crippen LogP contribution in [0.2, 0.25) is 0 Å². The lowest BCUT2D eigenvalue weighted by Gasteiger charge is -2.18. The van der Waals surface area contributed by atoms with Gasteiger partial charge in [0.2, 0.25) is 0 Å². The van der Waals surface area contributed by atoms with Gasteiger partial charge < -0.3 is 4.57 Å². The van der Waals surface area contributed by atoms with E-state index in [-0.39, 0.29) is 5.41 Å². The Morgan fingerprint density at radius 1 is 1.07 bits per heavy atom. The van der Waals surface area contributed by atoms with Gasteiger partial charge in [-0.2, -0.15) is 0 Å². The van der Waals surface area contributed by atoms with Crippen molar-refractivity contribution in [3.05, 3.63) is 69.3 Å². The number of Topliss-reactive ketones (excluding diaryl/α,β-unsaturated/α-hetero) is 1. The molecule has 0 aliphatic heterocycles. The highest BCUT2D eigenvalue weighted by molar-refractivity contribution is 9.10. The average molecular weight is 426 g/mol. The second-order valence-corrected chi connectivity index (χ2v) is 9.67. The van der Waals surface area contributed by atoms with Gasteiger partial charge >= 0.3 is 0 Å². The molecular formula is C24H28BrNO. The van der Waals surface area contributed by atoms with Crippen LogP contribution in [0.5, 0.6) is 0 Å². The number of hydrogen-bond acceptors (Lipinski definition) is 1. The molecule has 142 valence electrons. The predicted octanol–water partition coefficient (Wildman–Crippen LogP) is 6.62. The number of nitrogens with zero attached hydrogens (tertiary/aromatic N) is 1. The van der Waals surface area contributed by atoms with Crippen molar-refractivity contribution >= 4 is 32.6 Å². The normalized spacial score (nSPS) is 11.9. The van der Waals surface area contributed by atoms with Crippen molar-refractivity contribution in [3.8, 4) is 0 Å². The van der Waals surface area contributed by atoms with Gasteiger partial charge in [-0.05, 0) is 65.8 Å². The van der Waals surface area contributed by atoms with Gasteiger partial charge in [0, 0.05) is 41.0 Å². The van der Waals surface area contributed by atoms with E-state index >= 15 is 0 Å². The first kappa shape index (κ1) is 19.9. The number of fused-ring (bicyclic) bond motifs is 1. The standard InChI is InChI=1S/C24H28BrNO/c1-16-12-23-21(17(2)22(16)13-20(27)14-24(3,4)5)10-11-26(23)15-18-6-8-19(25)9-7-18/h6-12H,13-15H2,1-5H3. The van der Waals surface area contributed by atoms with E-state index < -0.39 is 0 Å². The number of aromatic nitrogens is 1. The minimum atomic E-state index is 0.0387. The molecule has 0 saturated heterocycles. The summed E-state index contributed by atoms with van der Waals surface area (Å²) in [6.45, 7) is 11.5. The molecule has 0 N–H and O–H groups in total. The Balaban J connectivity index is 1.92. The summed E-state index contributed by atoms with van der Waals surface area (Å²) >= 11 is 3.49. The maximum absolute atomic E-state index is 12.5. The lowest BCUT2D eigenvalue weighted by molar-refractivity contribution is -0.120. The minimum absolute atomic E-state index is 0.0387. The molecule has 2 aromatic carbocycles.